The van der Waals surface area contributed by atoms with E-state index in [0.29, 0.717) is 37.1 Å². The van der Waals surface area contributed by atoms with Crippen molar-refractivity contribution in [2.24, 2.45) is 0 Å². The Kier molecular flexibility index (Phi) is 7.89. The molecule has 0 bridgehead atoms. The third-order valence-corrected chi connectivity index (χ3v) is 4.60. The number of amides is 1. The highest BCUT2D eigenvalue weighted by Gasteiger charge is 2.07. The Bertz CT molecular complexity index is 975. The van der Waals surface area contributed by atoms with E-state index in [-0.39, 0.29) is 5.91 Å². The summed E-state index contributed by atoms with van der Waals surface area (Å²) >= 11 is 0. The first-order valence-corrected chi connectivity index (χ1v) is 10.3. The maximum absolute atomic E-state index is 11.4. The Balaban J connectivity index is 1.51. The fraction of sp³-hybridized carbons (Fsp3) is 0.304. The number of aliphatic hydroxyl groups excluding tert-OH is 1. The van der Waals surface area contributed by atoms with Crippen LogP contribution >= 0.6 is 0 Å². The number of pyridine rings is 1. The summed E-state index contributed by atoms with van der Waals surface area (Å²) in [6, 6.07) is 11.4. The summed E-state index contributed by atoms with van der Waals surface area (Å²) in [5.74, 6) is 1.38. The van der Waals surface area contributed by atoms with Gasteiger partial charge in [-0.05, 0) is 54.7 Å². The Hall–Kier alpha value is -3.52. The van der Waals surface area contributed by atoms with Crippen LogP contribution in [0.2, 0.25) is 0 Å². The molecule has 0 saturated carbocycles. The van der Waals surface area contributed by atoms with Gasteiger partial charge in [0.2, 0.25) is 17.7 Å². The zero-order valence-corrected chi connectivity index (χ0v) is 17.7. The van der Waals surface area contributed by atoms with E-state index in [1.165, 1.54) is 6.92 Å². The molecule has 0 aliphatic carbocycles. The van der Waals surface area contributed by atoms with Gasteiger partial charge in [-0.1, -0.05) is 19.1 Å². The van der Waals surface area contributed by atoms with Gasteiger partial charge in [-0.25, -0.2) is 15.0 Å². The fourth-order valence-corrected chi connectivity index (χ4v) is 2.75. The molecule has 1 amide bonds. The molecular formula is C23H27N5O3. The second kappa shape index (κ2) is 11.0. The number of nitrogens with zero attached hydrogens (tertiary/aromatic N) is 3. The van der Waals surface area contributed by atoms with Crippen molar-refractivity contribution in [3.8, 4) is 11.6 Å². The minimum absolute atomic E-state index is 0.370. The molecular weight excluding hydrogens is 394 g/mol. The number of carbonyl (C=O) groups excluding carboxylic acids is 1. The van der Waals surface area contributed by atoms with E-state index in [0.717, 1.165) is 23.1 Å². The standard InChI is InChI=1S/C23H27N5O3/c1-3-17-13-26-23(27-14-17)28-15-19-9-10-24-21(12-19)31-20-6-4-18(5-7-20)8-11-25-22(30)16(2)29/h4-7,9-10,12-14,16,29H,3,8,11,15H2,1-2H3,(H,25,30)(H,26,27,28)/t16-/m0/s1. The van der Waals surface area contributed by atoms with Crippen LogP contribution in [0.25, 0.3) is 0 Å². The summed E-state index contributed by atoms with van der Waals surface area (Å²) in [7, 11) is 0. The monoisotopic (exact) mass is 421 g/mol. The Labute approximate surface area is 181 Å². The number of hydrogen-bond donors (Lipinski definition) is 3. The van der Waals surface area contributed by atoms with Gasteiger partial charge in [-0.2, -0.15) is 0 Å². The molecule has 0 aliphatic rings. The van der Waals surface area contributed by atoms with Crippen molar-refractivity contribution in [3.05, 3.63) is 71.7 Å². The number of ether oxygens (including phenoxy) is 1. The van der Waals surface area contributed by atoms with Gasteiger partial charge in [0.15, 0.2) is 0 Å². The van der Waals surface area contributed by atoms with E-state index in [9.17, 15) is 9.90 Å². The molecule has 0 unspecified atom stereocenters. The number of aliphatic hydroxyl groups is 1. The minimum atomic E-state index is -0.997. The number of nitrogens with one attached hydrogen (secondary N) is 2. The average molecular weight is 422 g/mol. The van der Waals surface area contributed by atoms with Crippen LogP contribution in [0.5, 0.6) is 11.6 Å². The lowest BCUT2D eigenvalue weighted by atomic mass is 10.1. The van der Waals surface area contributed by atoms with Crippen LogP contribution < -0.4 is 15.4 Å². The van der Waals surface area contributed by atoms with Gasteiger partial charge in [-0.15, -0.1) is 0 Å². The van der Waals surface area contributed by atoms with Crippen LogP contribution in [0.15, 0.2) is 55.0 Å². The Morgan fingerprint density at radius 1 is 1.06 bits per heavy atom. The van der Waals surface area contributed by atoms with Crippen LogP contribution in [0, 0.1) is 0 Å². The number of rotatable bonds is 10. The van der Waals surface area contributed by atoms with Gasteiger partial charge in [0.05, 0.1) is 0 Å². The highest BCUT2D eigenvalue weighted by molar-refractivity contribution is 5.79. The van der Waals surface area contributed by atoms with E-state index in [1.54, 1.807) is 6.20 Å². The van der Waals surface area contributed by atoms with Crippen molar-refractivity contribution in [2.75, 3.05) is 11.9 Å². The summed E-state index contributed by atoms with van der Waals surface area (Å²) in [5.41, 5.74) is 3.15. The van der Waals surface area contributed by atoms with Crippen molar-refractivity contribution in [1.29, 1.82) is 0 Å². The predicted molar refractivity (Wildman–Crippen MR) is 118 cm³/mol. The number of aryl methyl sites for hydroxylation is 1. The zero-order valence-electron chi connectivity index (χ0n) is 17.7. The number of hydrogen-bond acceptors (Lipinski definition) is 7. The molecule has 0 radical (unpaired) electrons. The molecule has 1 aromatic carbocycles. The highest BCUT2D eigenvalue weighted by atomic mass is 16.5. The zero-order chi connectivity index (χ0) is 22.1. The van der Waals surface area contributed by atoms with Crippen molar-refractivity contribution in [2.45, 2.75) is 39.3 Å². The van der Waals surface area contributed by atoms with Crippen molar-refractivity contribution < 1.29 is 14.6 Å². The molecule has 2 aromatic heterocycles. The van der Waals surface area contributed by atoms with Crippen molar-refractivity contribution in [3.63, 3.8) is 0 Å². The molecule has 162 valence electrons. The lowest BCUT2D eigenvalue weighted by Gasteiger charge is -2.09. The van der Waals surface area contributed by atoms with Gasteiger partial charge in [-0.3, -0.25) is 4.79 Å². The summed E-state index contributed by atoms with van der Waals surface area (Å²) < 4.78 is 5.86. The first-order chi connectivity index (χ1) is 15.0. The molecule has 31 heavy (non-hydrogen) atoms. The predicted octanol–water partition coefficient (Wildman–Crippen LogP) is 2.88. The molecule has 0 spiro atoms. The van der Waals surface area contributed by atoms with Crippen LogP contribution in [0.3, 0.4) is 0 Å². The largest absolute Gasteiger partial charge is 0.439 e. The molecule has 0 fully saturated rings. The van der Waals surface area contributed by atoms with Crippen molar-refractivity contribution in [1.82, 2.24) is 20.3 Å². The van der Waals surface area contributed by atoms with Crippen LogP contribution in [-0.2, 0) is 24.2 Å². The third-order valence-electron chi connectivity index (χ3n) is 4.60. The van der Waals surface area contributed by atoms with Gasteiger partial charge >= 0.3 is 0 Å². The third kappa shape index (κ3) is 7.04. The molecule has 0 aliphatic heterocycles. The van der Waals surface area contributed by atoms with Crippen LogP contribution in [0.4, 0.5) is 5.95 Å². The number of carbonyl (C=O) groups is 1. The molecule has 8 nitrogen and oxygen atoms in total. The fourth-order valence-electron chi connectivity index (χ4n) is 2.75. The SMILES string of the molecule is CCc1cnc(NCc2ccnc(Oc3ccc(CCNC(=O)[C@H](C)O)cc3)c2)nc1. The second-order valence-corrected chi connectivity index (χ2v) is 7.09. The normalized spacial score (nSPS) is 11.6. The van der Waals surface area contributed by atoms with Crippen molar-refractivity contribution >= 4 is 11.9 Å². The molecule has 3 N–H and O–H groups in total. The summed E-state index contributed by atoms with van der Waals surface area (Å²) in [4.78, 5) is 24.2. The number of aromatic nitrogens is 3. The summed E-state index contributed by atoms with van der Waals surface area (Å²) in [6.45, 7) is 4.53. The Morgan fingerprint density at radius 3 is 2.48 bits per heavy atom. The molecule has 3 rings (SSSR count). The minimum Gasteiger partial charge on any atom is -0.439 e. The van der Waals surface area contributed by atoms with E-state index < -0.39 is 6.10 Å². The molecule has 0 saturated heterocycles. The molecule has 3 aromatic rings. The maximum Gasteiger partial charge on any atom is 0.248 e. The summed E-state index contributed by atoms with van der Waals surface area (Å²) in [5, 5.41) is 15.1. The van der Waals surface area contributed by atoms with E-state index >= 15 is 0 Å². The highest BCUT2D eigenvalue weighted by Crippen LogP contribution is 2.21. The molecule has 2 heterocycles. The number of benzene rings is 1. The average Bonchev–Trinajstić information content (AvgIpc) is 2.79. The van der Waals surface area contributed by atoms with Crippen LogP contribution in [-0.4, -0.2) is 38.6 Å². The van der Waals surface area contributed by atoms with Gasteiger partial charge < -0.3 is 20.5 Å². The first kappa shape index (κ1) is 22.2. The smallest absolute Gasteiger partial charge is 0.248 e. The number of anilines is 1. The quantitative estimate of drug-likeness (QED) is 0.462. The second-order valence-electron chi connectivity index (χ2n) is 7.09. The van der Waals surface area contributed by atoms with Gasteiger partial charge in [0.25, 0.3) is 0 Å². The maximum atomic E-state index is 11.4. The van der Waals surface area contributed by atoms with Gasteiger partial charge in [0.1, 0.15) is 11.9 Å². The first-order valence-electron chi connectivity index (χ1n) is 10.3. The lowest BCUT2D eigenvalue weighted by Crippen LogP contribution is -2.33. The van der Waals surface area contributed by atoms with Crippen LogP contribution in [0.1, 0.15) is 30.5 Å². The Morgan fingerprint density at radius 2 is 1.81 bits per heavy atom. The summed E-state index contributed by atoms with van der Waals surface area (Å²) in [6.07, 6.45) is 5.92. The van der Waals surface area contributed by atoms with Gasteiger partial charge in [0, 0.05) is 37.7 Å². The molecule has 8 heteroatoms. The van der Waals surface area contributed by atoms with E-state index in [2.05, 4.69) is 32.5 Å². The lowest BCUT2D eigenvalue weighted by molar-refractivity contribution is -0.128. The van der Waals surface area contributed by atoms with E-state index in [4.69, 9.17) is 4.74 Å². The topological polar surface area (TPSA) is 109 Å². The molecule has 1 atom stereocenters. The van der Waals surface area contributed by atoms with E-state index in [1.807, 2.05) is 48.8 Å².